The Morgan fingerprint density at radius 1 is 0.909 bits per heavy atom. The highest BCUT2D eigenvalue weighted by molar-refractivity contribution is 9.10. The van der Waals surface area contributed by atoms with Gasteiger partial charge in [0.2, 0.25) is 0 Å². The molecule has 0 radical (unpaired) electrons. The van der Waals surface area contributed by atoms with Crippen LogP contribution in [0.5, 0.6) is 0 Å². The first kappa shape index (κ1) is 13.3. The molecule has 4 heteroatoms. The second-order valence-electron chi connectivity index (χ2n) is 5.21. The molecule has 3 nitrogen and oxygen atoms in total. The molecular weight excluding hydrogens is 344 g/mol. The van der Waals surface area contributed by atoms with Crippen LogP contribution in [0.1, 0.15) is 5.56 Å². The molecule has 2 aromatic heterocycles. The number of hydrogen-bond donors (Lipinski definition) is 0. The smallest absolute Gasteiger partial charge is 0.336 e. The maximum Gasteiger partial charge on any atom is 0.336 e. The lowest BCUT2D eigenvalue weighted by Crippen LogP contribution is -1.97. The van der Waals surface area contributed by atoms with Crippen LogP contribution in [0.25, 0.3) is 33.1 Å². The van der Waals surface area contributed by atoms with E-state index in [1.54, 1.807) is 6.07 Å². The maximum atomic E-state index is 11.5. The monoisotopic (exact) mass is 354 g/mol. The van der Waals surface area contributed by atoms with E-state index in [-0.39, 0.29) is 5.63 Å². The second kappa shape index (κ2) is 4.85. The summed E-state index contributed by atoms with van der Waals surface area (Å²) >= 11 is 3.49. The van der Waals surface area contributed by atoms with E-state index < -0.39 is 0 Å². The largest absolute Gasteiger partial charge is 0.449 e. The van der Waals surface area contributed by atoms with Crippen molar-refractivity contribution in [2.24, 2.45) is 0 Å². The van der Waals surface area contributed by atoms with E-state index in [1.807, 2.05) is 43.3 Å². The summed E-state index contributed by atoms with van der Waals surface area (Å²) in [6, 6.07) is 15.3. The molecule has 0 saturated carbocycles. The molecule has 0 atom stereocenters. The molecule has 108 valence electrons. The number of hydrogen-bond acceptors (Lipinski definition) is 3. The normalized spacial score (nSPS) is 11.4. The van der Waals surface area contributed by atoms with Crippen molar-refractivity contribution in [1.29, 1.82) is 0 Å². The van der Waals surface area contributed by atoms with Crippen LogP contribution in [0.2, 0.25) is 0 Å². The zero-order chi connectivity index (χ0) is 15.3. The lowest BCUT2D eigenvalue weighted by molar-refractivity contribution is 0.556. The highest BCUT2D eigenvalue weighted by atomic mass is 79.9. The van der Waals surface area contributed by atoms with E-state index in [2.05, 4.69) is 15.9 Å². The van der Waals surface area contributed by atoms with Gasteiger partial charge in [-0.15, -0.1) is 0 Å². The minimum absolute atomic E-state index is 0.349. The molecule has 2 aromatic carbocycles. The minimum Gasteiger partial charge on any atom is -0.449 e. The SMILES string of the molecule is Cc1cc(=O)oc2cc3oc(Br)c(-c4ccccc4)c3cc12. The zero-order valence-corrected chi connectivity index (χ0v) is 13.3. The molecule has 22 heavy (non-hydrogen) atoms. The van der Waals surface area contributed by atoms with Crippen LogP contribution in [0.3, 0.4) is 0 Å². The predicted octanol–water partition coefficient (Wildman–Crippen LogP) is 5.28. The standard InChI is InChI=1S/C18H11BrO3/c1-10-7-16(20)21-14-9-15-13(8-12(10)14)17(18(19)22-15)11-5-3-2-4-6-11/h2-9H,1H3. The van der Waals surface area contributed by atoms with Crippen molar-refractivity contribution in [3.63, 3.8) is 0 Å². The fraction of sp³-hybridized carbons (Fsp3) is 0.0556. The summed E-state index contributed by atoms with van der Waals surface area (Å²) in [6.45, 7) is 1.91. The first-order valence-electron chi connectivity index (χ1n) is 6.85. The lowest BCUT2D eigenvalue weighted by Gasteiger charge is -2.02. The van der Waals surface area contributed by atoms with Crippen molar-refractivity contribution in [3.8, 4) is 11.1 Å². The molecule has 0 bridgehead atoms. The van der Waals surface area contributed by atoms with E-state index in [9.17, 15) is 4.79 Å². The Morgan fingerprint density at radius 3 is 2.41 bits per heavy atom. The average molecular weight is 355 g/mol. The molecule has 4 aromatic rings. The molecule has 0 amide bonds. The van der Waals surface area contributed by atoms with Gasteiger partial charge in [-0.2, -0.15) is 0 Å². The third-order valence-corrected chi connectivity index (χ3v) is 4.34. The number of halogens is 1. The Kier molecular flexibility index (Phi) is 2.94. The molecule has 0 aliphatic carbocycles. The molecule has 0 fully saturated rings. The summed E-state index contributed by atoms with van der Waals surface area (Å²) in [6.07, 6.45) is 0. The summed E-state index contributed by atoms with van der Waals surface area (Å²) in [5.74, 6) is 0. The Morgan fingerprint density at radius 2 is 1.64 bits per heavy atom. The number of benzene rings is 2. The van der Waals surface area contributed by atoms with Crippen molar-refractivity contribution in [2.45, 2.75) is 6.92 Å². The van der Waals surface area contributed by atoms with Crippen molar-refractivity contribution >= 4 is 37.9 Å². The molecule has 0 aliphatic heterocycles. The van der Waals surface area contributed by atoms with Crippen LogP contribution in [-0.2, 0) is 0 Å². The fourth-order valence-electron chi connectivity index (χ4n) is 2.75. The van der Waals surface area contributed by atoms with Gasteiger partial charge in [0.1, 0.15) is 11.2 Å². The third kappa shape index (κ3) is 1.99. The topological polar surface area (TPSA) is 43.4 Å². The van der Waals surface area contributed by atoms with Gasteiger partial charge in [-0.25, -0.2) is 4.79 Å². The van der Waals surface area contributed by atoms with E-state index >= 15 is 0 Å². The summed E-state index contributed by atoms with van der Waals surface area (Å²) in [7, 11) is 0. The summed E-state index contributed by atoms with van der Waals surface area (Å²) in [4.78, 5) is 11.5. The van der Waals surface area contributed by atoms with E-state index in [0.29, 0.717) is 15.8 Å². The van der Waals surface area contributed by atoms with Gasteiger partial charge in [0.25, 0.3) is 0 Å². The average Bonchev–Trinajstić information content (AvgIpc) is 2.81. The Bertz CT molecular complexity index is 1060. The number of fused-ring (bicyclic) bond motifs is 2. The van der Waals surface area contributed by atoms with Gasteiger partial charge >= 0.3 is 5.63 Å². The molecule has 0 saturated heterocycles. The van der Waals surface area contributed by atoms with E-state index in [1.165, 1.54) is 6.07 Å². The van der Waals surface area contributed by atoms with Gasteiger partial charge in [0.05, 0.1) is 0 Å². The van der Waals surface area contributed by atoms with Crippen LogP contribution in [0.4, 0.5) is 0 Å². The zero-order valence-electron chi connectivity index (χ0n) is 11.7. The summed E-state index contributed by atoms with van der Waals surface area (Å²) in [5, 5.41) is 1.90. The van der Waals surface area contributed by atoms with Crippen molar-refractivity contribution < 1.29 is 8.83 Å². The van der Waals surface area contributed by atoms with Crippen molar-refractivity contribution in [1.82, 2.24) is 0 Å². The molecule has 0 aliphatic rings. The van der Waals surface area contributed by atoms with Crippen LogP contribution in [-0.4, -0.2) is 0 Å². The molecule has 0 spiro atoms. The van der Waals surface area contributed by atoms with Crippen LogP contribution in [0.15, 0.2) is 66.8 Å². The van der Waals surface area contributed by atoms with Crippen molar-refractivity contribution in [3.05, 3.63) is 69.2 Å². The third-order valence-electron chi connectivity index (χ3n) is 3.78. The number of furan rings is 1. The van der Waals surface area contributed by atoms with Crippen LogP contribution >= 0.6 is 15.9 Å². The first-order valence-corrected chi connectivity index (χ1v) is 7.65. The molecule has 4 rings (SSSR count). The van der Waals surface area contributed by atoms with Gasteiger partial charge in [0, 0.05) is 28.5 Å². The molecule has 2 heterocycles. The lowest BCUT2D eigenvalue weighted by atomic mass is 10.0. The van der Waals surface area contributed by atoms with Crippen LogP contribution in [0, 0.1) is 6.92 Å². The predicted molar refractivity (Wildman–Crippen MR) is 90.1 cm³/mol. The summed E-state index contributed by atoms with van der Waals surface area (Å²) in [5.41, 5.74) is 3.85. The Balaban J connectivity index is 2.13. The number of aryl methyl sites for hydroxylation is 1. The Hall–Kier alpha value is -2.33. The summed E-state index contributed by atoms with van der Waals surface area (Å²) < 4.78 is 11.7. The Labute approximate surface area is 134 Å². The highest BCUT2D eigenvalue weighted by Crippen LogP contribution is 2.39. The molecule has 0 unspecified atom stereocenters. The molecule has 0 N–H and O–H groups in total. The quantitative estimate of drug-likeness (QED) is 0.437. The van der Waals surface area contributed by atoms with Crippen LogP contribution < -0.4 is 5.63 Å². The first-order chi connectivity index (χ1) is 10.6. The van der Waals surface area contributed by atoms with E-state index in [4.69, 9.17) is 8.83 Å². The highest BCUT2D eigenvalue weighted by Gasteiger charge is 2.16. The molecular formula is C18H11BrO3. The van der Waals surface area contributed by atoms with Gasteiger partial charge < -0.3 is 8.83 Å². The fourth-order valence-corrected chi connectivity index (χ4v) is 3.37. The van der Waals surface area contributed by atoms with Gasteiger partial charge in [-0.1, -0.05) is 30.3 Å². The van der Waals surface area contributed by atoms with Gasteiger partial charge in [-0.3, -0.25) is 0 Å². The maximum absolute atomic E-state index is 11.5. The minimum atomic E-state index is -0.349. The van der Waals surface area contributed by atoms with E-state index in [0.717, 1.165) is 27.5 Å². The second-order valence-corrected chi connectivity index (χ2v) is 5.93. The van der Waals surface area contributed by atoms with Crippen molar-refractivity contribution in [2.75, 3.05) is 0 Å². The van der Waals surface area contributed by atoms with Gasteiger partial charge in [-0.05, 0) is 40.0 Å². The number of rotatable bonds is 1. The van der Waals surface area contributed by atoms with Gasteiger partial charge in [0.15, 0.2) is 4.67 Å².